The van der Waals surface area contributed by atoms with Crippen LogP contribution >= 0.6 is 0 Å². The van der Waals surface area contributed by atoms with Crippen LogP contribution in [0.1, 0.15) is 34.3 Å². The van der Waals surface area contributed by atoms with Gasteiger partial charge >= 0.3 is 5.97 Å². The zero-order valence-electron chi connectivity index (χ0n) is 18.3. The molecule has 3 rings (SSSR count). The van der Waals surface area contributed by atoms with E-state index in [9.17, 15) is 24.2 Å². The normalized spacial score (nSPS) is 11.9. The molecular weight excluding hydrogens is 427 g/mol. The van der Waals surface area contributed by atoms with E-state index >= 15 is 0 Å². The Morgan fingerprint density at radius 3 is 2.36 bits per heavy atom. The molecule has 1 unspecified atom stereocenters. The summed E-state index contributed by atoms with van der Waals surface area (Å²) in [6.45, 7) is 1.62. The van der Waals surface area contributed by atoms with Crippen LogP contribution in [0.15, 0.2) is 60.7 Å². The van der Waals surface area contributed by atoms with Gasteiger partial charge in [0.2, 0.25) is 0 Å². The smallest absolute Gasteiger partial charge is 0.312 e. The van der Waals surface area contributed by atoms with Gasteiger partial charge in [0, 0.05) is 5.56 Å². The third-order valence-corrected chi connectivity index (χ3v) is 5.25. The molecule has 0 radical (unpaired) electrons. The van der Waals surface area contributed by atoms with E-state index in [-0.39, 0.29) is 22.6 Å². The fourth-order valence-electron chi connectivity index (χ4n) is 3.32. The molecular formula is C26H23FO6. The van der Waals surface area contributed by atoms with E-state index in [0.29, 0.717) is 22.4 Å². The van der Waals surface area contributed by atoms with Gasteiger partial charge in [0.1, 0.15) is 11.6 Å². The second-order valence-corrected chi connectivity index (χ2v) is 7.34. The highest BCUT2D eigenvalue weighted by atomic mass is 19.1. The molecule has 3 aromatic carbocycles. The van der Waals surface area contributed by atoms with Gasteiger partial charge in [0.05, 0.1) is 25.7 Å². The molecule has 0 aliphatic carbocycles. The number of hydrogen-bond acceptors (Lipinski definition) is 6. The molecule has 7 heteroatoms. The number of allylic oxidation sites excluding steroid dienone is 1. The Morgan fingerprint density at radius 1 is 0.970 bits per heavy atom. The maximum atomic E-state index is 14.8. The standard InChI is InChI=1S/C26H23FO6/c1-15(26(31)33-3)17-6-8-19(21(27)14-17)18-7-10-23(29)20(13-18)22(28)9-4-16-5-11-25(32-2)24(30)12-16/h4-15,29-30H,1-3H3/b9-4+. The van der Waals surface area contributed by atoms with Crippen molar-refractivity contribution in [2.45, 2.75) is 12.8 Å². The van der Waals surface area contributed by atoms with Crippen LogP contribution in [0.4, 0.5) is 4.39 Å². The summed E-state index contributed by atoms with van der Waals surface area (Å²) >= 11 is 0. The maximum absolute atomic E-state index is 14.8. The number of ketones is 1. The van der Waals surface area contributed by atoms with Crippen LogP contribution in [0.3, 0.4) is 0 Å². The van der Waals surface area contributed by atoms with Crippen LogP contribution in [-0.4, -0.2) is 36.2 Å². The molecule has 3 aromatic rings. The Kier molecular flexibility index (Phi) is 7.13. The highest BCUT2D eigenvalue weighted by Crippen LogP contribution is 2.31. The monoisotopic (exact) mass is 450 g/mol. The van der Waals surface area contributed by atoms with Crippen molar-refractivity contribution in [1.29, 1.82) is 0 Å². The average Bonchev–Trinajstić information content (AvgIpc) is 2.82. The Labute approximate surface area is 190 Å². The lowest BCUT2D eigenvalue weighted by atomic mass is 9.95. The molecule has 170 valence electrons. The van der Waals surface area contributed by atoms with Gasteiger partial charge in [0.15, 0.2) is 17.3 Å². The Hall–Kier alpha value is -4.13. The summed E-state index contributed by atoms with van der Waals surface area (Å²) in [6, 6.07) is 13.3. The Bertz CT molecular complexity index is 1230. The van der Waals surface area contributed by atoms with Gasteiger partial charge in [-0.1, -0.05) is 30.3 Å². The first-order valence-corrected chi connectivity index (χ1v) is 10.0. The number of benzene rings is 3. The number of hydrogen-bond donors (Lipinski definition) is 2. The van der Waals surface area contributed by atoms with Crippen LogP contribution in [-0.2, 0) is 9.53 Å². The number of carbonyl (C=O) groups is 2. The third-order valence-electron chi connectivity index (χ3n) is 5.25. The fourth-order valence-corrected chi connectivity index (χ4v) is 3.32. The van der Waals surface area contributed by atoms with E-state index < -0.39 is 23.5 Å². The van der Waals surface area contributed by atoms with Gasteiger partial charge in [-0.3, -0.25) is 9.59 Å². The van der Waals surface area contributed by atoms with Gasteiger partial charge in [0.25, 0.3) is 0 Å². The van der Waals surface area contributed by atoms with Crippen LogP contribution < -0.4 is 4.74 Å². The Balaban J connectivity index is 1.88. The number of esters is 1. The lowest BCUT2D eigenvalue weighted by Gasteiger charge is -2.12. The maximum Gasteiger partial charge on any atom is 0.312 e. The van der Waals surface area contributed by atoms with Crippen molar-refractivity contribution in [2.75, 3.05) is 14.2 Å². The molecule has 0 aromatic heterocycles. The molecule has 0 fully saturated rings. The van der Waals surface area contributed by atoms with Crippen molar-refractivity contribution >= 4 is 17.8 Å². The van der Waals surface area contributed by atoms with Crippen LogP contribution in [0.25, 0.3) is 17.2 Å². The van der Waals surface area contributed by atoms with Gasteiger partial charge in [-0.05, 0) is 60.0 Å². The number of carbonyl (C=O) groups excluding carboxylic acids is 2. The molecule has 33 heavy (non-hydrogen) atoms. The Morgan fingerprint density at radius 2 is 1.73 bits per heavy atom. The highest BCUT2D eigenvalue weighted by Gasteiger charge is 2.18. The van der Waals surface area contributed by atoms with Crippen molar-refractivity contribution in [3.8, 4) is 28.4 Å². The molecule has 0 bridgehead atoms. The second-order valence-electron chi connectivity index (χ2n) is 7.34. The lowest BCUT2D eigenvalue weighted by Crippen LogP contribution is -2.11. The highest BCUT2D eigenvalue weighted by molar-refractivity contribution is 6.09. The third kappa shape index (κ3) is 5.20. The number of phenolic OH excluding ortho intramolecular Hbond substituents is 2. The number of methoxy groups -OCH3 is 2. The molecule has 0 aliphatic rings. The molecule has 0 amide bonds. The minimum atomic E-state index is -0.627. The zero-order chi connectivity index (χ0) is 24.1. The first kappa shape index (κ1) is 23.5. The molecule has 0 saturated carbocycles. The minimum absolute atomic E-state index is 0.00658. The van der Waals surface area contributed by atoms with Crippen molar-refractivity contribution in [3.63, 3.8) is 0 Å². The first-order chi connectivity index (χ1) is 15.7. The van der Waals surface area contributed by atoms with Crippen LogP contribution in [0.5, 0.6) is 17.2 Å². The molecule has 0 spiro atoms. The van der Waals surface area contributed by atoms with Crippen molar-refractivity contribution < 1.29 is 33.7 Å². The number of halogens is 1. The molecule has 0 heterocycles. The van der Waals surface area contributed by atoms with Crippen LogP contribution in [0, 0.1) is 5.82 Å². The van der Waals surface area contributed by atoms with E-state index in [0.717, 1.165) is 0 Å². The zero-order valence-corrected chi connectivity index (χ0v) is 18.3. The molecule has 0 aliphatic heterocycles. The quantitative estimate of drug-likeness (QED) is 0.296. The number of rotatable bonds is 7. The van der Waals surface area contributed by atoms with Gasteiger partial charge in [-0.2, -0.15) is 0 Å². The molecule has 6 nitrogen and oxygen atoms in total. The average molecular weight is 450 g/mol. The van der Waals surface area contributed by atoms with Gasteiger partial charge in [-0.15, -0.1) is 0 Å². The predicted molar refractivity (Wildman–Crippen MR) is 122 cm³/mol. The second kappa shape index (κ2) is 9.99. The largest absolute Gasteiger partial charge is 0.507 e. The summed E-state index contributed by atoms with van der Waals surface area (Å²) in [5, 5.41) is 20.0. The van der Waals surface area contributed by atoms with Gasteiger partial charge in [-0.25, -0.2) is 4.39 Å². The summed E-state index contributed by atoms with van der Waals surface area (Å²) in [6.07, 6.45) is 2.73. The number of aromatic hydroxyl groups is 2. The molecule has 0 saturated heterocycles. The summed E-state index contributed by atoms with van der Waals surface area (Å²) in [7, 11) is 2.70. The fraction of sp³-hybridized carbons (Fsp3) is 0.154. The van der Waals surface area contributed by atoms with Crippen molar-refractivity contribution in [2.24, 2.45) is 0 Å². The van der Waals surface area contributed by atoms with E-state index in [2.05, 4.69) is 0 Å². The number of phenols is 2. The topological polar surface area (TPSA) is 93.1 Å². The van der Waals surface area contributed by atoms with E-state index in [1.54, 1.807) is 25.1 Å². The summed E-state index contributed by atoms with van der Waals surface area (Å²) in [5.41, 5.74) is 1.62. The summed E-state index contributed by atoms with van der Waals surface area (Å²) < 4.78 is 24.5. The molecule has 2 N–H and O–H groups in total. The van der Waals surface area contributed by atoms with Gasteiger partial charge < -0.3 is 19.7 Å². The lowest BCUT2D eigenvalue weighted by molar-refractivity contribution is -0.142. The molecule has 1 atom stereocenters. The minimum Gasteiger partial charge on any atom is -0.507 e. The first-order valence-electron chi connectivity index (χ1n) is 10.0. The SMILES string of the molecule is COC(=O)C(C)c1ccc(-c2ccc(O)c(C(=O)/C=C/c3ccc(OC)c(O)c3)c2)c(F)c1. The van der Waals surface area contributed by atoms with Crippen molar-refractivity contribution in [1.82, 2.24) is 0 Å². The summed E-state index contributed by atoms with van der Waals surface area (Å²) in [4.78, 5) is 24.4. The number of ether oxygens (including phenoxy) is 2. The van der Waals surface area contributed by atoms with Crippen LogP contribution in [0.2, 0.25) is 0 Å². The predicted octanol–water partition coefficient (Wildman–Crippen LogP) is 5.09. The van der Waals surface area contributed by atoms with E-state index in [4.69, 9.17) is 9.47 Å². The summed E-state index contributed by atoms with van der Waals surface area (Å²) in [5.74, 6) is -2.19. The van der Waals surface area contributed by atoms with E-state index in [1.165, 1.54) is 62.8 Å². The van der Waals surface area contributed by atoms with Crippen molar-refractivity contribution in [3.05, 3.63) is 83.2 Å². The van der Waals surface area contributed by atoms with E-state index in [1.807, 2.05) is 0 Å².